The first kappa shape index (κ1) is 16.7. The average Bonchev–Trinajstić information content (AvgIpc) is 2.56. The minimum Gasteiger partial charge on any atom is -0.492 e. The quantitative estimate of drug-likeness (QED) is 0.476. The summed E-state index contributed by atoms with van der Waals surface area (Å²) in [5.41, 5.74) is 8.11. The predicted octanol–water partition coefficient (Wildman–Crippen LogP) is -0.227. The molecule has 1 aliphatic rings. The Morgan fingerprint density at radius 3 is 2.68 bits per heavy atom. The Morgan fingerprint density at radius 2 is 2.05 bits per heavy atom. The first-order valence-electron chi connectivity index (χ1n) is 7.40. The van der Waals surface area contributed by atoms with Crippen molar-refractivity contribution in [2.75, 3.05) is 39.5 Å². The summed E-state index contributed by atoms with van der Waals surface area (Å²) in [6, 6.07) is 6.69. The van der Waals surface area contributed by atoms with Crippen LogP contribution in [0.2, 0.25) is 0 Å². The topological polar surface area (TPSA) is 97.0 Å². The number of nitrogens with zero attached hydrogens (tertiary/aromatic N) is 1. The molecular formula is C15H23N3O4. The van der Waals surface area contributed by atoms with E-state index in [2.05, 4.69) is 4.90 Å². The Hall–Kier alpha value is -1.67. The molecule has 1 amide bonds. The van der Waals surface area contributed by atoms with Crippen molar-refractivity contribution in [2.45, 2.75) is 12.5 Å². The molecule has 0 radical (unpaired) electrons. The number of morpholine rings is 1. The van der Waals surface area contributed by atoms with E-state index >= 15 is 0 Å². The third-order valence-electron chi connectivity index (χ3n) is 3.61. The molecule has 122 valence electrons. The van der Waals surface area contributed by atoms with Crippen molar-refractivity contribution in [3.05, 3.63) is 29.8 Å². The molecule has 1 aliphatic heterocycles. The highest BCUT2D eigenvalue weighted by molar-refractivity contribution is 5.80. The molecule has 1 heterocycles. The molecule has 1 atom stereocenters. The lowest BCUT2D eigenvalue weighted by atomic mass is 10.1. The maximum atomic E-state index is 11.2. The van der Waals surface area contributed by atoms with Crippen LogP contribution in [0.3, 0.4) is 0 Å². The van der Waals surface area contributed by atoms with Crippen LogP contribution in [0.15, 0.2) is 24.3 Å². The van der Waals surface area contributed by atoms with Crippen molar-refractivity contribution in [1.29, 1.82) is 0 Å². The van der Waals surface area contributed by atoms with Gasteiger partial charge in [-0.3, -0.25) is 14.9 Å². The van der Waals surface area contributed by atoms with Crippen LogP contribution < -0.4 is 16.0 Å². The first-order valence-corrected chi connectivity index (χ1v) is 7.40. The van der Waals surface area contributed by atoms with E-state index in [0.29, 0.717) is 13.0 Å². The molecule has 1 saturated heterocycles. The smallest absolute Gasteiger partial charge is 0.260 e. The molecule has 0 spiro atoms. The summed E-state index contributed by atoms with van der Waals surface area (Å²) in [6.07, 6.45) is 0.362. The SMILES string of the molecule is NC(Cc1ccc(OCCN2CCOCC2)cc1)C(=O)NO. The Bertz CT molecular complexity index is 460. The third kappa shape index (κ3) is 5.27. The average molecular weight is 309 g/mol. The van der Waals surface area contributed by atoms with E-state index in [0.717, 1.165) is 44.2 Å². The highest BCUT2D eigenvalue weighted by Crippen LogP contribution is 2.13. The molecular weight excluding hydrogens is 286 g/mol. The minimum atomic E-state index is -0.766. The van der Waals surface area contributed by atoms with Crippen LogP contribution >= 0.6 is 0 Å². The van der Waals surface area contributed by atoms with Crippen LogP contribution in [0, 0.1) is 0 Å². The summed E-state index contributed by atoms with van der Waals surface area (Å²) in [6.45, 7) is 4.99. The number of benzene rings is 1. The predicted molar refractivity (Wildman–Crippen MR) is 80.8 cm³/mol. The number of hydroxylamine groups is 1. The molecule has 4 N–H and O–H groups in total. The number of hydrogen-bond donors (Lipinski definition) is 3. The Labute approximate surface area is 129 Å². The minimum absolute atomic E-state index is 0.362. The summed E-state index contributed by atoms with van der Waals surface area (Å²) < 4.78 is 11.0. The Kier molecular flexibility index (Phi) is 6.60. The van der Waals surface area contributed by atoms with Gasteiger partial charge in [-0.05, 0) is 24.1 Å². The van der Waals surface area contributed by atoms with Gasteiger partial charge in [-0.25, -0.2) is 5.48 Å². The van der Waals surface area contributed by atoms with Gasteiger partial charge in [0.25, 0.3) is 5.91 Å². The molecule has 1 fully saturated rings. The van der Waals surface area contributed by atoms with Crippen molar-refractivity contribution < 1.29 is 19.5 Å². The molecule has 1 aromatic rings. The number of ether oxygens (including phenoxy) is 2. The molecule has 7 heteroatoms. The summed E-state index contributed by atoms with van der Waals surface area (Å²) in [5.74, 6) is 0.197. The maximum absolute atomic E-state index is 11.2. The second-order valence-corrected chi connectivity index (χ2v) is 5.23. The second-order valence-electron chi connectivity index (χ2n) is 5.23. The fraction of sp³-hybridized carbons (Fsp3) is 0.533. The fourth-order valence-corrected chi connectivity index (χ4v) is 2.27. The summed E-state index contributed by atoms with van der Waals surface area (Å²) in [7, 11) is 0. The van der Waals surface area contributed by atoms with Crippen LogP contribution in [-0.2, 0) is 16.0 Å². The van der Waals surface area contributed by atoms with Gasteiger partial charge in [-0.2, -0.15) is 0 Å². The third-order valence-corrected chi connectivity index (χ3v) is 3.61. The lowest BCUT2D eigenvalue weighted by Gasteiger charge is -2.26. The van der Waals surface area contributed by atoms with Crippen LogP contribution in [0.25, 0.3) is 0 Å². The highest BCUT2D eigenvalue weighted by Gasteiger charge is 2.13. The van der Waals surface area contributed by atoms with Crippen molar-refractivity contribution in [3.63, 3.8) is 0 Å². The van der Waals surface area contributed by atoms with Crippen molar-refractivity contribution >= 4 is 5.91 Å². The van der Waals surface area contributed by atoms with Crippen LogP contribution in [-0.4, -0.2) is 61.5 Å². The number of nitrogens with one attached hydrogen (secondary N) is 1. The number of nitrogens with two attached hydrogens (primary N) is 1. The molecule has 0 aromatic heterocycles. The van der Waals surface area contributed by atoms with Crippen molar-refractivity contribution in [1.82, 2.24) is 10.4 Å². The number of rotatable bonds is 7. The van der Waals surface area contributed by atoms with Gasteiger partial charge in [0.1, 0.15) is 12.4 Å². The molecule has 0 aliphatic carbocycles. The monoisotopic (exact) mass is 309 g/mol. The Balaban J connectivity index is 1.73. The van der Waals surface area contributed by atoms with E-state index < -0.39 is 11.9 Å². The molecule has 0 saturated carbocycles. The molecule has 1 aromatic carbocycles. The molecule has 2 rings (SSSR count). The summed E-state index contributed by atoms with van der Waals surface area (Å²) in [5, 5.41) is 8.52. The van der Waals surface area contributed by atoms with Crippen molar-refractivity contribution in [2.24, 2.45) is 5.73 Å². The fourth-order valence-electron chi connectivity index (χ4n) is 2.27. The van der Waals surface area contributed by atoms with E-state index in [1.54, 1.807) is 5.48 Å². The van der Waals surface area contributed by atoms with Crippen LogP contribution in [0.1, 0.15) is 5.56 Å². The second kappa shape index (κ2) is 8.70. The van der Waals surface area contributed by atoms with Gasteiger partial charge in [-0.1, -0.05) is 12.1 Å². The Morgan fingerprint density at radius 1 is 1.36 bits per heavy atom. The number of amides is 1. The van der Waals surface area contributed by atoms with Gasteiger partial charge in [0.2, 0.25) is 0 Å². The first-order chi connectivity index (χ1) is 10.7. The van der Waals surface area contributed by atoms with E-state index in [9.17, 15) is 4.79 Å². The van der Waals surface area contributed by atoms with E-state index in [1.807, 2.05) is 24.3 Å². The maximum Gasteiger partial charge on any atom is 0.260 e. The summed E-state index contributed by atoms with van der Waals surface area (Å²) in [4.78, 5) is 13.5. The molecule has 1 unspecified atom stereocenters. The van der Waals surface area contributed by atoms with Gasteiger partial charge >= 0.3 is 0 Å². The largest absolute Gasteiger partial charge is 0.492 e. The van der Waals surface area contributed by atoms with E-state index in [-0.39, 0.29) is 0 Å². The summed E-state index contributed by atoms with van der Waals surface area (Å²) >= 11 is 0. The normalized spacial score (nSPS) is 17.0. The molecule has 0 bridgehead atoms. The van der Waals surface area contributed by atoms with E-state index in [4.69, 9.17) is 20.4 Å². The zero-order valence-corrected chi connectivity index (χ0v) is 12.5. The highest BCUT2D eigenvalue weighted by atomic mass is 16.5. The molecule has 7 nitrogen and oxygen atoms in total. The molecule has 22 heavy (non-hydrogen) atoms. The van der Waals surface area contributed by atoms with Gasteiger partial charge < -0.3 is 15.2 Å². The zero-order valence-electron chi connectivity index (χ0n) is 12.5. The van der Waals surface area contributed by atoms with Crippen LogP contribution in [0.4, 0.5) is 0 Å². The number of hydrogen-bond acceptors (Lipinski definition) is 6. The number of carbonyl (C=O) groups excluding carboxylic acids is 1. The standard InChI is InChI=1S/C15H23N3O4/c16-14(15(19)17-20)11-12-1-3-13(4-2-12)22-10-7-18-5-8-21-9-6-18/h1-4,14,20H,5-11,16H2,(H,17,19). The van der Waals surface area contributed by atoms with Gasteiger partial charge in [0.05, 0.1) is 19.3 Å². The number of carbonyl (C=O) groups is 1. The van der Waals surface area contributed by atoms with E-state index in [1.165, 1.54) is 0 Å². The van der Waals surface area contributed by atoms with Gasteiger partial charge in [0.15, 0.2) is 0 Å². The lowest BCUT2D eigenvalue weighted by Crippen LogP contribution is -2.40. The van der Waals surface area contributed by atoms with Crippen molar-refractivity contribution in [3.8, 4) is 5.75 Å². The zero-order chi connectivity index (χ0) is 15.8. The van der Waals surface area contributed by atoms with Crippen LogP contribution in [0.5, 0.6) is 5.75 Å². The van der Waals surface area contributed by atoms with Gasteiger partial charge in [-0.15, -0.1) is 0 Å². The van der Waals surface area contributed by atoms with Gasteiger partial charge in [0, 0.05) is 19.6 Å². The lowest BCUT2D eigenvalue weighted by molar-refractivity contribution is -0.130.